The Labute approximate surface area is 145 Å². The van der Waals surface area contributed by atoms with Crippen molar-refractivity contribution in [2.45, 2.75) is 24.8 Å². The van der Waals surface area contributed by atoms with Gasteiger partial charge in [0.1, 0.15) is 0 Å². The zero-order valence-corrected chi connectivity index (χ0v) is 14.4. The third-order valence-electron chi connectivity index (χ3n) is 3.32. The lowest BCUT2D eigenvalue weighted by molar-refractivity contribution is 0.0687. The van der Waals surface area contributed by atoms with Gasteiger partial charge >= 0.3 is 11.9 Å². The van der Waals surface area contributed by atoms with Gasteiger partial charge in [-0.05, 0) is 49.2 Å². The van der Waals surface area contributed by atoms with Gasteiger partial charge in [-0.25, -0.2) is 22.7 Å². The Morgan fingerprint density at radius 3 is 2.20 bits per heavy atom. The SMILES string of the molecule is CC(C)NS(=O)(=O)c1cc(C(=O)O)cc(-c2ccccc2C(=O)O)c1. The molecule has 0 atom stereocenters. The van der Waals surface area contributed by atoms with Crippen LogP contribution in [0.5, 0.6) is 0 Å². The molecule has 8 heteroatoms. The van der Waals surface area contributed by atoms with E-state index in [0.29, 0.717) is 0 Å². The van der Waals surface area contributed by atoms with Gasteiger partial charge in [-0.3, -0.25) is 0 Å². The number of hydrogen-bond donors (Lipinski definition) is 3. The van der Waals surface area contributed by atoms with E-state index in [1.54, 1.807) is 19.9 Å². The highest BCUT2D eigenvalue weighted by molar-refractivity contribution is 7.89. The Balaban J connectivity index is 2.73. The molecule has 0 spiro atoms. The van der Waals surface area contributed by atoms with Crippen molar-refractivity contribution < 1.29 is 28.2 Å². The quantitative estimate of drug-likeness (QED) is 0.725. The number of sulfonamides is 1. The van der Waals surface area contributed by atoms with Crippen LogP contribution >= 0.6 is 0 Å². The van der Waals surface area contributed by atoms with E-state index in [-0.39, 0.29) is 33.2 Å². The number of benzene rings is 2. The van der Waals surface area contributed by atoms with Crippen molar-refractivity contribution in [3.63, 3.8) is 0 Å². The van der Waals surface area contributed by atoms with Crippen molar-refractivity contribution in [2.75, 3.05) is 0 Å². The first-order valence-corrected chi connectivity index (χ1v) is 8.83. The molecular weight excluding hydrogens is 346 g/mol. The number of rotatable bonds is 6. The molecular formula is C17H17NO6S. The molecule has 2 aromatic rings. The Kier molecular flexibility index (Phi) is 5.24. The third kappa shape index (κ3) is 4.23. The summed E-state index contributed by atoms with van der Waals surface area (Å²) in [6.07, 6.45) is 0. The fourth-order valence-electron chi connectivity index (χ4n) is 2.33. The number of hydrogen-bond acceptors (Lipinski definition) is 4. The molecule has 3 N–H and O–H groups in total. The molecule has 0 aliphatic carbocycles. The first-order chi connectivity index (χ1) is 11.6. The Morgan fingerprint density at radius 1 is 1.00 bits per heavy atom. The molecule has 7 nitrogen and oxygen atoms in total. The van der Waals surface area contributed by atoms with Crippen LogP contribution in [0.4, 0.5) is 0 Å². The van der Waals surface area contributed by atoms with E-state index in [2.05, 4.69) is 4.72 Å². The molecule has 0 saturated carbocycles. The standard InChI is InChI=1S/C17H17NO6S/c1-10(2)18-25(23,24)13-8-11(7-12(9-13)16(19)20)14-5-3-4-6-15(14)17(21)22/h3-10,18H,1-2H3,(H,19,20)(H,21,22). The smallest absolute Gasteiger partial charge is 0.336 e. The van der Waals surface area contributed by atoms with Crippen LogP contribution in [0.1, 0.15) is 34.6 Å². The minimum Gasteiger partial charge on any atom is -0.478 e. The van der Waals surface area contributed by atoms with Crippen molar-refractivity contribution >= 4 is 22.0 Å². The normalized spacial score (nSPS) is 11.5. The van der Waals surface area contributed by atoms with Crippen LogP contribution in [-0.4, -0.2) is 36.6 Å². The summed E-state index contributed by atoms with van der Waals surface area (Å²) in [4.78, 5) is 22.5. The Bertz CT molecular complexity index is 934. The molecule has 2 aromatic carbocycles. The van der Waals surface area contributed by atoms with Crippen LogP contribution in [0, 0.1) is 0 Å². The molecule has 0 aliphatic heterocycles. The minimum atomic E-state index is -3.94. The highest BCUT2D eigenvalue weighted by Gasteiger charge is 2.21. The van der Waals surface area contributed by atoms with Crippen LogP contribution in [0.25, 0.3) is 11.1 Å². The van der Waals surface area contributed by atoms with E-state index in [9.17, 15) is 28.2 Å². The molecule has 0 bridgehead atoms. The van der Waals surface area contributed by atoms with Crippen molar-refractivity contribution in [3.8, 4) is 11.1 Å². The summed E-state index contributed by atoms with van der Waals surface area (Å²) >= 11 is 0. The van der Waals surface area contributed by atoms with E-state index in [4.69, 9.17) is 0 Å². The van der Waals surface area contributed by atoms with Gasteiger partial charge in [0.2, 0.25) is 10.0 Å². The maximum atomic E-state index is 12.4. The molecule has 0 unspecified atom stereocenters. The molecule has 0 aliphatic rings. The van der Waals surface area contributed by atoms with Gasteiger partial charge < -0.3 is 10.2 Å². The summed E-state index contributed by atoms with van der Waals surface area (Å²) in [6, 6.07) is 9.16. The molecule has 0 radical (unpaired) electrons. The topological polar surface area (TPSA) is 121 Å². The van der Waals surface area contributed by atoms with Crippen LogP contribution in [0.3, 0.4) is 0 Å². The number of nitrogens with one attached hydrogen (secondary N) is 1. The summed E-state index contributed by atoms with van der Waals surface area (Å²) in [7, 11) is -3.94. The average Bonchev–Trinajstić information content (AvgIpc) is 2.53. The summed E-state index contributed by atoms with van der Waals surface area (Å²) in [5.74, 6) is -2.50. The van der Waals surface area contributed by atoms with E-state index < -0.39 is 22.0 Å². The van der Waals surface area contributed by atoms with Crippen LogP contribution in [-0.2, 0) is 10.0 Å². The Morgan fingerprint density at radius 2 is 1.64 bits per heavy atom. The Hall–Kier alpha value is -2.71. The third-order valence-corrected chi connectivity index (χ3v) is 4.96. The van der Waals surface area contributed by atoms with E-state index in [1.165, 1.54) is 30.3 Å². The first-order valence-electron chi connectivity index (χ1n) is 7.35. The lowest BCUT2D eigenvalue weighted by Gasteiger charge is -2.13. The number of aromatic carboxylic acids is 2. The second kappa shape index (κ2) is 7.04. The molecule has 2 rings (SSSR count). The second-order valence-corrected chi connectivity index (χ2v) is 7.39. The van der Waals surface area contributed by atoms with Gasteiger partial charge in [-0.2, -0.15) is 0 Å². The largest absolute Gasteiger partial charge is 0.478 e. The molecule has 0 aromatic heterocycles. The number of carboxylic acids is 2. The van der Waals surface area contributed by atoms with Crippen molar-refractivity contribution in [2.24, 2.45) is 0 Å². The van der Waals surface area contributed by atoms with E-state index in [0.717, 1.165) is 6.07 Å². The zero-order chi connectivity index (χ0) is 18.8. The summed E-state index contributed by atoms with van der Waals surface area (Å²) in [6.45, 7) is 3.28. The summed E-state index contributed by atoms with van der Waals surface area (Å²) in [5, 5.41) is 18.6. The fraction of sp³-hybridized carbons (Fsp3) is 0.176. The van der Waals surface area contributed by atoms with Gasteiger partial charge in [-0.1, -0.05) is 18.2 Å². The van der Waals surface area contributed by atoms with Crippen LogP contribution in [0.2, 0.25) is 0 Å². The monoisotopic (exact) mass is 363 g/mol. The molecule has 25 heavy (non-hydrogen) atoms. The van der Waals surface area contributed by atoms with E-state index in [1.807, 2.05) is 0 Å². The number of carboxylic acid groups (broad SMARTS) is 2. The average molecular weight is 363 g/mol. The van der Waals surface area contributed by atoms with Crippen molar-refractivity contribution in [3.05, 3.63) is 53.6 Å². The van der Waals surface area contributed by atoms with Gasteiger partial charge in [0, 0.05) is 6.04 Å². The predicted octanol–water partition coefficient (Wildman–Crippen LogP) is 2.44. The van der Waals surface area contributed by atoms with E-state index >= 15 is 0 Å². The van der Waals surface area contributed by atoms with Crippen molar-refractivity contribution in [1.82, 2.24) is 4.72 Å². The first kappa shape index (κ1) is 18.6. The molecule has 132 valence electrons. The van der Waals surface area contributed by atoms with Gasteiger partial charge in [0.15, 0.2) is 0 Å². The fourth-order valence-corrected chi connectivity index (χ4v) is 3.65. The molecule has 0 saturated heterocycles. The number of carbonyl (C=O) groups is 2. The highest BCUT2D eigenvalue weighted by Crippen LogP contribution is 2.28. The maximum Gasteiger partial charge on any atom is 0.336 e. The minimum absolute atomic E-state index is 0.0507. The molecule has 0 heterocycles. The molecule has 0 fully saturated rings. The van der Waals surface area contributed by atoms with Crippen molar-refractivity contribution in [1.29, 1.82) is 0 Å². The van der Waals surface area contributed by atoms with Gasteiger partial charge in [0.25, 0.3) is 0 Å². The maximum absolute atomic E-state index is 12.4. The second-order valence-electron chi connectivity index (χ2n) is 5.68. The lowest BCUT2D eigenvalue weighted by atomic mass is 9.98. The zero-order valence-electron chi connectivity index (χ0n) is 13.6. The van der Waals surface area contributed by atoms with Gasteiger partial charge in [-0.15, -0.1) is 0 Å². The van der Waals surface area contributed by atoms with Crippen LogP contribution in [0.15, 0.2) is 47.4 Å². The van der Waals surface area contributed by atoms with Gasteiger partial charge in [0.05, 0.1) is 16.0 Å². The highest BCUT2D eigenvalue weighted by atomic mass is 32.2. The van der Waals surface area contributed by atoms with Crippen LogP contribution < -0.4 is 4.72 Å². The predicted molar refractivity (Wildman–Crippen MR) is 91.3 cm³/mol. The summed E-state index contributed by atoms with van der Waals surface area (Å²) < 4.78 is 27.2. The molecule has 0 amide bonds. The lowest BCUT2D eigenvalue weighted by Crippen LogP contribution is -2.30. The summed E-state index contributed by atoms with van der Waals surface area (Å²) in [5.41, 5.74) is 0.133.